The standard InChI is InChI=1S/C15H16BrClN2O/c1-2-7-18-10-11-4-3-8-19-15(11)20-14-6-5-12(16)9-13(14)17/h3-6,8-9,18H,2,7,10H2,1H3. The fourth-order valence-electron chi connectivity index (χ4n) is 1.71. The highest BCUT2D eigenvalue weighted by atomic mass is 79.9. The van der Waals surface area contributed by atoms with Gasteiger partial charge in [-0.2, -0.15) is 0 Å². The number of nitrogens with one attached hydrogen (secondary N) is 1. The van der Waals surface area contributed by atoms with Gasteiger partial charge < -0.3 is 10.1 Å². The molecule has 106 valence electrons. The first-order chi connectivity index (χ1) is 9.70. The molecule has 1 aromatic heterocycles. The topological polar surface area (TPSA) is 34.2 Å². The van der Waals surface area contributed by atoms with Crippen LogP contribution in [0.1, 0.15) is 18.9 Å². The first-order valence-corrected chi connectivity index (χ1v) is 7.65. The lowest BCUT2D eigenvalue weighted by molar-refractivity contribution is 0.453. The van der Waals surface area contributed by atoms with Gasteiger partial charge >= 0.3 is 0 Å². The number of aromatic nitrogens is 1. The van der Waals surface area contributed by atoms with E-state index in [-0.39, 0.29) is 0 Å². The predicted octanol–water partition coefficient (Wildman–Crippen LogP) is 4.79. The largest absolute Gasteiger partial charge is 0.437 e. The summed E-state index contributed by atoms with van der Waals surface area (Å²) in [5, 5.41) is 3.89. The van der Waals surface area contributed by atoms with Crippen molar-refractivity contribution in [2.75, 3.05) is 6.54 Å². The highest BCUT2D eigenvalue weighted by Gasteiger charge is 2.08. The summed E-state index contributed by atoms with van der Waals surface area (Å²) in [5.74, 6) is 1.19. The van der Waals surface area contributed by atoms with Gasteiger partial charge in [0.15, 0.2) is 0 Å². The van der Waals surface area contributed by atoms with Crippen molar-refractivity contribution < 1.29 is 4.74 Å². The fraction of sp³-hybridized carbons (Fsp3) is 0.267. The average Bonchev–Trinajstić information content (AvgIpc) is 2.44. The molecule has 0 amide bonds. The number of ether oxygens (including phenoxy) is 1. The van der Waals surface area contributed by atoms with E-state index in [1.807, 2.05) is 24.3 Å². The van der Waals surface area contributed by atoms with Crippen molar-refractivity contribution in [3.63, 3.8) is 0 Å². The maximum atomic E-state index is 6.16. The summed E-state index contributed by atoms with van der Waals surface area (Å²) in [6, 6.07) is 9.41. The molecule has 3 nitrogen and oxygen atoms in total. The van der Waals surface area contributed by atoms with Gasteiger partial charge in [0.1, 0.15) is 5.75 Å². The molecule has 0 spiro atoms. The second kappa shape index (κ2) is 7.62. The molecule has 1 heterocycles. The zero-order valence-corrected chi connectivity index (χ0v) is 13.5. The van der Waals surface area contributed by atoms with E-state index < -0.39 is 0 Å². The molecular formula is C15H16BrClN2O. The van der Waals surface area contributed by atoms with Gasteiger partial charge in [0.25, 0.3) is 0 Å². The Morgan fingerprint density at radius 2 is 2.20 bits per heavy atom. The van der Waals surface area contributed by atoms with Gasteiger partial charge in [0.05, 0.1) is 5.02 Å². The van der Waals surface area contributed by atoms with E-state index in [9.17, 15) is 0 Å². The van der Waals surface area contributed by atoms with E-state index in [1.54, 1.807) is 12.3 Å². The number of nitrogens with zero attached hydrogens (tertiary/aromatic N) is 1. The zero-order valence-electron chi connectivity index (χ0n) is 11.2. The molecule has 0 radical (unpaired) electrons. The molecule has 0 saturated carbocycles. The van der Waals surface area contributed by atoms with Crippen LogP contribution in [0.5, 0.6) is 11.6 Å². The number of hydrogen-bond acceptors (Lipinski definition) is 3. The maximum absolute atomic E-state index is 6.16. The molecule has 0 aliphatic rings. The zero-order chi connectivity index (χ0) is 14.4. The summed E-state index contributed by atoms with van der Waals surface area (Å²) in [4.78, 5) is 4.28. The highest BCUT2D eigenvalue weighted by molar-refractivity contribution is 9.10. The first-order valence-electron chi connectivity index (χ1n) is 6.48. The van der Waals surface area contributed by atoms with E-state index in [0.29, 0.717) is 16.7 Å². The normalized spacial score (nSPS) is 10.6. The summed E-state index contributed by atoms with van der Waals surface area (Å²) in [6.45, 7) is 3.83. The maximum Gasteiger partial charge on any atom is 0.223 e. The van der Waals surface area contributed by atoms with E-state index in [2.05, 4.69) is 33.2 Å². The Labute approximate surface area is 132 Å². The molecule has 0 atom stereocenters. The summed E-state index contributed by atoms with van der Waals surface area (Å²) in [5.41, 5.74) is 1.01. The van der Waals surface area contributed by atoms with Gasteiger partial charge in [-0.3, -0.25) is 0 Å². The molecule has 0 aliphatic heterocycles. The summed E-state index contributed by atoms with van der Waals surface area (Å²) in [6.07, 6.45) is 2.81. The average molecular weight is 356 g/mol. The van der Waals surface area contributed by atoms with Crippen LogP contribution >= 0.6 is 27.5 Å². The Kier molecular flexibility index (Phi) is 5.83. The van der Waals surface area contributed by atoms with E-state index >= 15 is 0 Å². The van der Waals surface area contributed by atoms with Crippen LogP contribution in [0.3, 0.4) is 0 Å². The van der Waals surface area contributed by atoms with Gasteiger partial charge in [0, 0.05) is 22.8 Å². The van der Waals surface area contributed by atoms with Crippen LogP contribution in [0.2, 0.25) is 5.02 Å². The lowest BCUT2D eigenvalue weighted by atomic mass is 10.2. The third-order valence-electron chi connectivity index (χ3n) is 2.69. The van der Waals surface area contributed by atoms with Gasteiger partial charge in [-0.25, -0.2) is 4.98 Å². The highest BCUT2D eigenvalue weighted by Crippen LogP contribution is 2.32. The van der Waals surface area contributed by atoms with Gasteiger partial charge in [-0.1, -0.05) is 40.5 Å². The number of halogens is 2. The lowest BCUT2D eigenvalue weighted by Gasteiger charge is -2.11. The second-order valence-electron chi connectivity index (χ2n) is 4.32. The van der Waals surface area contributed by atoms with Gasteiger partial charge in [0.2, 0.25) is 5.88 Å². The smallest absolute Gasteiger partial charge is 0.223 e. The van der Waals surface area contributed by atoms with Gasteiger partial charge in [-0.15, -0.1) is 0 Å². The Hall–Kier alpha value is -1.10. The molecule has 0 fully saturated rings. The lowest BCUT2D eigenvalue weighted by Crippen LogP contribution is -2.14. The Morgan fingerprint density at radius 3 is 2.95 bits per heavy atom. The number of rotatable bonds is 6. The summed E-state index contributed by atoms with van der Waals surface area (Å²) in [7, 11) is 0. The minimum absolute atomic E-state index is 0.553. The molecule has 20 heavy (non-hydrogen) atoms. The Balaban J connectivity index is 2.16. The van der Waals surface area contributed by atoms with Crippen LogP contribution in [0, 0.1) is 0 Å². The molecule has 0 unspecified atom stereocenters. The number of benzene rings is 1. The molecule has 5 heteroatoms. The van der Waals surface area contributed by atoms with E-state index in [1.165, 1.54) is 0 Å². The molecule has 0 saturated heterocycles. The van der Waals surface area contributed by atoms with E-state index in [0.717, 1.165) is 29.5 Å². The van der Waals surface area contributed by atoms with Crippen molar-refractivity contribution in [2.45, 2.75) is 19.9 Å². The van der Waals surface area contributed by atoms with Crippen molar-refractivity contribution in [3.05, 3.63) is 51.6 Å². The summed E-state index contributed by atoms with van der Waals surface area (Å²) >= 11 is 9.53. The molecule has 0 bridgehead atoms. The molecule has 1 N–H and O–H groups in total. The molecule has 0 aliphatic carbocycles. The van der Waals surface area contributed by atoms with Crippen LogP contribution in [0.15, 0.2) is 41.0 Å². The minimum Gasteiger partial charge on any atom is -0.437 e. The van der Waals surface area contributed by atoms with Crippen LogP contribution in [-0.2, 0) is 6.54 Å². The first kappa shape index (κ1) is 15.3. The van der Waals surface area contributed by atoms with Crippen molar-refractivity contribution in [1.29, 1.82) is 0 Å². The number of hydrogen-bond donors (Lipinski definition) is 1. The third-order valence-corrected chi connectivity index (χ3v) is 3.48. The van der Waals surface area contributed by atoms with Crippen LogP contribution in [0.4, 0.5) is 0 Å². The van der Waals surface area contributed by atoms with Crippen molar-refractivity contribution in [1.82, 2.24) is 10.3 Å². The SMILES string of the molecule is CCCNCc1cccnc1Oc1ccc(Br)cc1Cl. The summed E-state index contributed by atoms with van der Waals surface area (Å²) < 4.78 is 6.74. The molecule has 2 aromatic rings. The Morgan fingerprint density at radius 1 is 1.35 bits per heavy atom. The third kappa shape index (κ3) is 4.20. The van der Waals surface area contributed by atoms with Crippen LogP contribution in [-0.4, -0.2) is 11.5 Å². The van der Waals surface area contributed by atoms with Crippen LogP contribution < -0.4 is 10.1 Å². The van der Waals surface area contributed by atoms with Crippen molar-refractivity contribution in [3.8, 4) is 11.6 Å². The minimum atomic E-state index is 0.553. The number of pyridine rings is 1. The Bertz CT molecular complexity index is 578. The van der Waals surface area contributed by atoms with E-state index in [4.69, 9.17) is 16.3 Å². The van der Waals surface area contributed by atoms with Gasteiger partial charge in [-0.05, 0) is 37.2 Å². The molecule has 2 rings (SSSR count). The fourth-order valence-corrected chi connectivity index (χ4v) is 2.42. The monoisotopic (exact) mass is 354 g/mol. The quantitative estimate of drug-likeness (QED) is 0.757. The molecule has 1 aromatic carbocycles. The molecular weight excluding hydrogens is 340 g/mol. The van der Waals surface area contributed by atoms with Crippen LogP contribution in [0.25, 0.3) is 0 Å². The van der Waals surface area contributed by atoms with Crippen molar-refractivity contribution >= 4 is 27.5 Å². The predicted molar refractivity (Wildman–Crippen MR) is 85.5 cm³/mol. The second-order valence-corrected chi connectivity index (χ2v) is 5.64. The van der Waals surface area contributed by atoms with Crippen molar-refractivity contribution in [2.24, 2.45) is 0 Å².